The van der Waals surface area contributed by atoms with Gasteiger partial charge in [0.05, 0.1) is 4.90 Å². The molecule has 1 aliphatic rings. The molecule has 21 heavy (non-hydrogen) atoms. The topological polar surface area (TPSA) is 119 Å². The average Bonchev–Trinajstić information content (AvgIpc) is 3.00. The molecule has 112 valence electrons. The maximum Gasteiger partial charge on any atom is 0.240 e. The Balaban J connectivity index is 1.69. The Morgan fingerprint density at radius 3 is 2.81 bits per heavy atom. The summed E-state index contributed by atoms with van der Waals surface area (Å²) in [5.74, 6) is 1.43. The van der Waals surface area contributed by atoms with Crippen molar-refractivity contribution >= 4 is 10.0 Å². The number of aromatic amines is 1. The largest absolute Gasteiger partial charge is 0.486 e. The van der Waals surface area contributed by atoms with Crippen LogP contribution in [0.3, 0.4) is 0 Å². The molecule has 0 fully saturated rings. The summed E-state index contributed by atoms with van der Waals surface area (Å²) in [6.07, 6.45) is 0.348. The molecule has 2 heterocycles. The van der Waals surface area contributed by atoms with Crippen molar-refractivity contribution in [2.75, 3.05) is 19.8 Å². The number of fused-ring (bicyclic) bond motifs is 1. The van der Waals surface area contributed by atoms with Gasteiger partial charge in [-0.25, -0.2) is 13.1 Å². The number of rotatable bonds is 5. The highest BCUT2D eigenvalue weighted by Gasteiger charge is 2.19. The highest BCUT2D eigenvalue weighted by atomic mass is 32.2. The predicted molar refractivity (Wildman–Crippen MR) is 70.5 cm³/mol. The second-order valence-electron chi connectivity index (χ2n) is 4.28. The van der Waals surface area contributed by atoms with Crippen molar-refractivity contribution < 1.29 is 17.9 Å². The molecule has 0 amide bonds. The maximum absolute atomic E-state index is 12.2. The van der Waals surface area contributed by atoms with E-state index in [9.17, 15) is 8.42 Å². The molecule has 0 saturated carbocycles. The summed E-state index contributed by atoms with van der Waals surface area (Å²) in [7, 11) is -3.62. The number of nitrogens with one attached hydrogen (secondary N) is 2. The lowest BCUT2D eigenvalue weighted by Gasteiger charge is -2.18. The number of tetrazole rings is 1. The number of nitrogens with zero attached hydrogens (tertiary/aromatic N) is 3. The van der Waals surface area contributed by atoms with Crippen molar-refractivity contribution in [3.63, 3.8) is 0 Å². The van der Waals surface area contributed by atoms with Crippen molar-refractivity contribution in [1.29, 1.82) is 0 Å². The summed E-state index contributed by atoms with van der Waals surface area (Å²) >= 11 is 0. The van der Waals surface area contributed by atoms with E-state index in [1.165, 1.54) is 12.1 Å². The molecule has 9 nitrogen and oxygen atoms in total. The van der Waals surface area contributed by atoms with Gasteiger partial charge in [-0.2, -0.15) is 5.21 Å². The third-order valence-corrected chi connectivity index (χ3v) is 4.31. The molecule has 0 spiro atoms. The van der Waals surface area contributed by atoms with E-state index in [-0.39, 0.29) is 11.4 Å². The summed E-state index contributed by atoms with van der Waals surface area (Å²) in [6.45, 7) is 1.04. The first kappa shape index (κ1) is 13.8. The Labute approximate surface area is 120 Å². The predicted octanol–water partition coefficient (Wildman–Crippen LogP) is -0.508. The number of sulfonamides is 1. The molecule has 1 aromatic carbocycles. The van der Waals surface area contributed by atoms with Gasteiger partial charge in [-0.15, -0.1) is 10.2 Å². The smallest absolute Gasteiger partial charge is 0.240 e. The van der Waals surface area contributed by atoms with E-state index in [4.69, 9.17) is 9.47 Å². The van der Waals surface area contributed by atoms with E-state index in [2.05, 4.69) is 25.3 Å². The van der Waals surface area contributed by atoms with E-state index in [1.54, 1.807) is 6.07 Å². The van der Waals surface area contributed by atoms with E-state index in [0.29, 0.717) is 37.0 Å². The molecule has 0 aliphatic carbocycles. The third-order valence-electron chi connectivity index (χ3n) is 2.85. The molecule has 0 radical (unpaired) electrons. The van der Waals surface area contributed by atoms with E-state index >= 15 is 0 Å². The highest BCUT2D eigenvalue weighted by Crippen LogP contribution is 2.32. The normalized spacial score (nSPS) is 14.1. The standard InChI is InChI=1S/C11H13N5O4S/c17-21(18,12-4-3-11-13-15-16-14-11)8-1-2-9-10(7-8)20-6-5-19-9/h1-2,7,12H,3-6H2,(H,13,14,15,16). The van der Waals surface area contributed by atoms with Crippen molar-refractivity contribution in [1.82, 2.24) is 25.3 Å². The minimum absolute atomic E-state index is 0.125. The van der Waals surface area contributed by atoms with Crippen LogP contribution < -0.4 is 14.2 Å². The van der Waals surface area contributed by atoms with Gasteiger partial charge in [-0.1, -0.05) is 5.21 Å². The molecule has 0 saturated heterocycles. The Morgan fingerprint density at radius 1 is 1.24 bits per heavy atom. The van der Waals surface area contributed by atoms with E-state index < -0.39 is 10.0 Å². The van der Waals surface area contributed by atoms with Crippen LogP contribution in [0.2, 0.25) is 0 Å². The molecule has 3 rings (SSSR count). The van der Waals surface area contributed by atoms with Crippen LogP contribution in [0.15, 0.2) is 23.1 Å². The van der Waals surface area contributed by atoms with Gasteiger partial charge in [0.1, 0.15) is 13.2 Å². The fourth-order valence-electron chi connectivity index (χ4n) is 1.86. The van der Waals surface area contributed by atoms with Crippen molar-refractivity contribution in [2.24, 2.45) is 0 Å². The van der Waals surface area contributed by atoms with E-state index in [1.807, 2.05) is 0 Å². The van der Waals surface area contributed by atoms with Gasteiger partial charge in [-0.05, 0) is 12.1 Å². The number of aromatic nitrogens is 4. The van der Waals surface area contributed by atoms with Crippen molar-refractivity contribution in [2.45, 2.75) is 11.3 Å². The summed E-state index contributed by atoms with van der Waals surface area (Å²) in [5, 5.41) is 13.2. The summed E-state index contributed by atoms with van der Waals surface area (Å²) < 4.78 is 37.6. The number of ether oxygens (including phenoxy) is 2. The zero-order valence-electron chi connectivity index (χ0n) is 10.9. The molecular weight excluding hydrogens is 298 g/mol. The Hall–Kier alpha value is -2.20. The van der Waals surface area contributed by atoms with Gasteiger partial charge in [-0.3, -0.25) is 0 Å². The summed E-state index contributed by atoms with van der Waals surface area (Å²) in [6, 6.07) is 4.51. The third kappa shape index (κ3) is 3.11. The quantitative estimate of drug-likeness (QED) is 0.763. The highest BCUT2D eigenvalue weighted by molar-refractivity contribution is 7.89. The molecule has 0 atom stereocenters. The van der Waals surface area contributed by atoms with Crippen LogP contribution in [0.25, 0.3) is 0 Å². The van der Waals surface area contributed by atoms with E-state index in [0.717, 1.165) is 0 Å². The van der Waals surface area contributed by atoms with Crippen molar-refractivity contribution in [3.05, 3.63) is 24.0 Å². The molecule has 0 bridgehead atoms. The summed E-state index contributed by atoms with van der Waals surface area (Å²) in [5.41, 5.74) is 0. The lowest BCUT2D eigenvalue weighted by atomic mass is 10.3. The van der Waals surface area contributed by atoms with Gasteiger partial charge in [0.15, 0.2) is 17.3 Å². The van der Waals surface area contributed by atoms with Crippen LogP contribution in [0, 0.1) is 0 Å². The monoisotopic (exact) mass is 311 g/mol. The average molecular weight is 311 g/mol. The van der Waals surface area contributed by atoms with Gasteiger partial charge in [0.2, 0.25) is 10.0 Å². The lowest BCUT2D eigenvalue weighted by molar-refractivity contribution is 0.171. The second-order valence-corrected chi connectivity index (χ2v) is 6.05. The SMILES string of the molecule is O=S(=O)(NCCc1nn[nH]n1)c1ccc2c(c1)OCCO2. The second kappa shape index (κ2) is 5.66. The fourth-order valence-corrected chi connectivity index (χ4v) is 2.91. The first-order valence-corrected chi connectivity index (χ1v) is 7.75. The van der Waals surface area contributed by atoms with Gasteiger partial charge in [0.25, 0.3) is 0 Å². The molecule has 1 aromatic heterocycles. The number of H-pyrrole nitrogens is 1. The van der Waals surface area contributed by atoms with Crippen molar-refractivity contribution in [3.8, 4) is 11.5 Å². The molecule has 10 heteroatoms. The molecular formula is C11H13N5O4S. The summed E-state index contributed by atoms with van der Waals surface area (Å²) in [4.78, 5) is 0.125. The first-order chi connectivity index (χ1) is 10.1. The van der Waals surface area contributed by atoms with Crippen LogP contribution in [0.4, 0.5) is 0 Å². The number of hydrogen-bond donors (Lipinski definition) is 2. The van der Waals surface area contributed by atoms with Crippen LogP contribution in [-0.4, -0.2) is 48.8 Å². The first-order valence-electron chi connectivity index (χ1n) is 6.27. The molecule has 2 N–H and O–H groups in total. The maximum atomic E-state index is 12.2. The Morgan fingerprint density at radius 2 is 2.05 bits per heavy atom. The van der Waals surface area contributed by atoms with Crippen LogP contribution in [0.1, 0.15) is 5.82 Å². The zero-order valence-corrected chi connectivity index (χ0v) is 11.8. The van der Waals surface area contributed by atoms with Crippen LogP contribution in [0.5, 0.6) is 11.5 Å². The molecule has 2 aromatic rings. The van der Waals surface area contributed by atoms with Gasteiger partial charge in [0, 0.05) is 19.0 Å². The Bertz CT molecular complexity index is 716. The van der Waals surface area contributed by atoms with Crippen LogP contribution >= 0.6 is 0 Å². The molecule has 1 aliphatic heterocycles. The number of hydrogen-bond acceptors (Lipinski definition) is 7. The zero-order chi connectivity index (χ0) is 14.7. The van der Waals surface area contributed by atoms with Gasteiger partial charge < -0.3 is 9.47 Å². The fraction of sp³-hybridized carbons (Fsp3) is 0.364. The number of benzene rings is 1. The minimum Gasteiger partial charge on any atom is -0.486 e. The Kier molecular flexibility index (Phi) is 3.71. The van der Waals surface area contributed by atoms with Gasteiger partial charge >= 0.3 is 0 Å². The lowest BCUT2D eigenvalue weighted by Crippen LogP contribution is -2.26. The minimum atomic E-state index is -3.62. The molecule has 0 unspecified atom stereocenters. The van der Waals surface area contributed by atoms with Crippen LogP contribution in [-0.2, 0) is 16.4 Å².